The number of hydrogen-bond donors (Lipinski definition) is 1. The summed E-state index contributed by atoms with van der Waals surface area (Å²) in [6.45, 7) is 3.08. The number of aryl methyl sites for hydroxylation is 2. The highest BCUT2D eigenvalue weighted by molar-refractivity contribution is 4.81. The number of nitrogens with zero attached hydrogens (tertiary/aromatic N) is 2. The normalized spacial score (nSPS) is 17.3. The molecule has 0 atom stereocenters. The molecule has 1 aromatic rings. The highest BCUT2D eigenvalue weighted by Crippen LogP contribution is 2.08. The fourth-order valence-corrected chi connectivity index (χ4v) is 1.56. The molecule has 1 aliphatic rings. The molecule has 4 heteroatoms. The van der Waals surface area contributed by atoms with Gasteiger partial charge in [-0.15, -0.1) is 0 Å². The van der Waals surface area contributed by atoms with Gasteiger partial charge in [-0.2, -0.15) is 0 Å². The van der Waals surface area contributed by atoms with Crippen LogP contribution >= 0.6 is 0 Å². The summed E-state index contributed by atoms with van der Waals surface area (Å²) in [6, 6.07) is 0. The number of hydrogen-bond acceptors (Lipinski definition) is 2. The van der Waals surface area contributed by atoms with Gasteiger partial charge in [-0.05, 0) is 25.4 Å². The highest BCUT2D eigenvalue weighted by Gasteiger charge is 2.16. The van der Waals surface area contributed by atoms with E-state index in [-0.39, 0.29) is 5.69 Å². The van der Waals surface area contributed by atoms with Crippen molar-refractivity contribution in [3.8, 4) is 0 Å². The number of rotatable bonds is 3. The first-order valence-corrected chi connectivity index (χ1v) is 4.70. The number of nitrogens with one attached hydrogen (secondary N) is 1. The monoisotopic (exact) mass is 181 g/mol. The van der Waals surface area contributed by atoms with Gasteiger partial charge in [0, 0.05) is 26.0 Å². The summed E-state index contributed by atoms with van der Waals surface area (Å²) < 4.78 is 3.39. The Morgan fingerprint density at radius 3 is 2.77 bits per heavy atom. The van der Waals surface area contributed by atoms with Crippen LogP contribution in [0.4, 0.5) is 0 Å². The summed E-state index contributed by atoms with van der Waals surface area (Å²) in [5.74, 6) is 0.770. The lowest BCUT2D eigenvalue weighted by Gasteiger charge is -2.26. The van der Waals surface area contributed by atoms with Crippen LogP contribution in [0, 0.1) is 5.92 Å². The summed E-state index contributed by atoms with van der Waals surface area (Å²) in [5.41, 5.74) is 0.0901. The Morgan fingerprint density at radius 1 is 1.54 bits per heavy atom. The van der Waals surface area contributed by atoms with Crippen molar-refractivity contribution in [3.63, 3.8) is 0 Å². The molecule has 2 rings (SSSR count). The topological polar surface area (TPSA) is 39.0 Å². The molecule has 0 unspecified atom stereocenters. The second-order valence-corrected chi connectivity index (χ2v) is 3.70. The molecule has 1 saturated heterocycles. The van der Waals surface area contributed by atoms with E-state index in [1.807, 2.05) is 6.20 Å². The zero-order valence-corrected chi connectivity index (χ0v) is 7.86. The maximum Gasteiger partial charge on any atom is 0.327 e. The van der Waals surface area contributed by atoms with E-state index in [9.17, 15) is 4.79 Å². The largest absolute Gasteiger partial charge is 0.327 e. The van der Waals surface area contributed by atoms with E-state index < -0.39 is 0 Å². The van der Waals surface area contributed by atoms with E-state index in [1.165, 1.54) is 0 Å². The Bertz CT molecular complexity index is 335. The molecule has 0 saturated carbocycles. The van der Waals surface area contributed by atoms with Gasteiger partial charge in [-0.1, -0.05) is 0 Å². The highest BCUT2D eigenvalue weighted by atomic mass is 16.1. The van der Waals surface area contributed by atoms with E-state index >= 15 is 0 Å². The van der Waals surface area contributed by atoms with Crippen molar-refractivity contribution < 1.29 is 0 Å². The summed E-state index contributed by atoms with van der Waals surface area (Å²) >= 11 is 0. The molecule has 0 aliphatic carbocycles. The van der Waals surface area contributed by atoms with Crippen molar-refractivity contribution in [1.29, 1.82) is 0 Å². The Morgan fingerprint density at radius 2 is 2.31 bits per heavy atom. The SMILES string of the molecule is Cn1ccn(CCC2CNC2)c1=O. The van der Waals surface area contributed by atoms with Crippen molar-refractivity contribution in [2.24, 2.45) is 13.0 Å². The molecule has 0 aromatic carbocycles. The van der Waals surface area contributed by atoms with E-state index in [2.05, 4.69) is 5.32 Å². The van der Waals surface area contributed by atoms with Gasteiger partial charge in [0.2, 0.25) is 0 Å². The van der Waals surface area contributed by atoms with Gasteiger partial charge in [0.15, 0.2) is 0 Å². The number of aromatic nitrogens is 2. The van der Waals surface area contributed by atoms with Crippen molar-refractivity contribution in [2.75, 3.05) is 13.1 Å². The van der Waals surface area contributed by atoms with Gasteiger partial charge >= 0.3 is 5.69 Å². The zero-order chi connectivity index (χ0) is 9.26. The van der Waals surface area contributed by atoms with Gasteiger partial charge in [0.25, 0.3) is 0 Å². The molecule has 2 heterocycles. The Kier molecular flexibility index (Phi) is 2.22. The lowest BCUT2D eigenvalue weighted by Crippen LogP contribution is -2.42. The predicted molar refractivity (Wildman–Crippen MR) is 50.6 cm³/mol. The standard InChI is InChI=1S/C9H15N3O/c1-11-4-5-12(9(11)13)3-2-8-6-10-7-8/h4-5,8,10H,2-3,6-7H2,1H3. The molecular weight excluding hydrogens is 166 g/mol. The molecular formula is C9H15N3O. The fraction of sp³-hybridized carbons (Fsp3) is 0.667. The average molecular weight is 181 g/mol. The van der Waals surface area contributed by atoms with Gasteiger partial charge < -0.3 is 9.88 Å². The first-order valence-electron chi connectivity index (χ1n) is 4.70. The Balaban J connectivity index is 1.93. The van der Waals surface area contributed by atoms with Crippen molar-refractivity contribution in [3.05, 3.63) is 22.9 Å². The van der Waals surface area contributed by atoms with E-state index in [0.29, 0.717) is 0 Å². The third kappa shape index (κ3) is 1.67. The predicted octanol–water partition coefficient (Wildman–Crippen LogP) is -0.204. The molecule has 1 aromatic heterocycles. The minimum atomic E-state index is 0.0901. The second-order valence-electron chi connectivity index (χ2n) is 3.70. The van der Waals surface area contributed by atoms with Crippen LogP contribution < -0.4 is 11.0 Å². The van der Waals surface area contributed by atoms with Crippen LogP contribution in [0.5, 0.6) is 0 Å². The molecule has 1 aliphatic heterocycles. The summed E-state index contributed by atoms with van der Waals surface area (Å²) in [6.07, 6.45) is 4.77. The lowest BCUT2D eigenvalue weighted by molar-refractivity contribution is 0.310. The van der Waals surface area contributed by atoms with Crippen LogP contribution in [0.25, 0.3) is 0 Å². The van der Waals surface area contributed by atoms with Crippen molar-refractivity contribution in [2.45, 2.75) is 13.0 Å². The van der Waals surface area contributed by atoms with Crippen LogP contribution in [0.1, 0.15) is 6.42 Å². The molecule has 0 amide bonds. The van der Waals surface area contributed by atoms with Crippen LogP contribution in [0.3, 0.4) is 0 Å². The van der Waals surface area contributed by atoms with Gasteiger partial charge in [-0.3, -0.25) is 4.57 Å². The molecule has 72 valence electrons. The van der Waals surface area contributed by atoms with Crippen LogP contribution in [-0.4, -0.2) is 22.2 Å². The summed E-state index contributed by atoms with van der Waals surface area (Å²) in [4.78, 5) is 11.4. The third-order valence-electron chi connectivity index (χ3n) is 2.66. The molecule has 0 radical (unpaired) electrons. The van der Waals surface area contributed by atoms with Crippen molar-refractivity contribution in [1.82, 2.24) is 14.5 Å². The van der Waals surface area contributed by atoms with Gasteiger partial charge in [-0.25, -0.2) is 4.79 Å². The zero-order valence-electron chi connectivity index (χ0n) is 7.86. The first kappa shape index (κ1) is 8.56. The molecule has 1 N–H and O–H groups in total. The maximum absolute atomic E-state index is 11.4. The second kappa shape index (κ2) is 3.38. The van der Waals surface area contributed by atoms with E-state index in [1.54, 1.807) is 22.4 Å². The third-order valence-corrected chi connectivity index (χ3v) is 2.66. The minimum absolute atomic E-state index is 0.0901. The molecule has 0 bridgehead atoms. The van der Waals surface area contributed by atoms with Gasteiger partial charge in [0.1, 0.15) is 0 Å². The molecule has 0 spiro atoms. The van der Waals surface area contributed by atoms with Crippen molar-refractivity contribution >= 4 is 0 Å². The summed E-state index contributed by atoms with van der Waals surface area (Å²) in [7, 11) is 1.78. The van der Waals surface area contributed by atoms with Crippen LogP contribution in [-0.2, 0) is 13.6 Å². The quantitative estimate of drug-likeness (QED) is 0.701. The molecule has 13 heavy (non-hydrogen) atoms. The van der Waals surface area contributed by atoms with Gasteiger partial charge in [0.05, 0.1) is 0 Å². The molecule has 1 fully saturated rings. The first-order chi connectivity index (χ1) is 6.27. The maximum atomic E-state index is 11.4. The van der Waals surface area contributed by atoms with Crippen LogP contribution in [0.15, 0.2) is 17.2 Å². The average Bonchev–Trinajstić information content (AvgIpc) is 2.33. The lowest BCUT2D eigenvalue weighted by atomic mass is 10.00. The smallest absolute Gasteiger partial charge is 0.316 e. The van der Waals surface area contributed by atoms with E-state index in [0.717, 1.165) is 32.0 Å². The number of imidazole rings is 1. The molecule has 4 nitrogen and oxygen atoms in total. The van der Waals surface area contributed by atoms with E-state index in [4.69, 9.17) is 0 Å². The van der Waals surface area contributed by atoms with Crippen LogP contribution in [0.2, 0.25) is 0 Å². The summed E-state index contributed by atoms with van der Waals surface area (Å²) in [5, 5.41) is 3.22. The Hall–Kier alpha value is -1.03. The Labute approximate surface area is 77.2 Å². The minimum Gasteiger partial charge on any atom is -0.316 e. The fourth-order valence-electron chi connectivity index (χ4n) is 1.56.